The van der Waals surface area contributed by atoms with Crippen molar-refractivity contribution in [3.05, 3.63) is 0 Å². The number of nitrogens with two attached hydrogens (primary N) is 1. The number of rotatable bonds is 7. The van der Waals surface area contributed by atoms with Crippen molar-refractivity contribution in [2.45, 2.75) is 32.7 Å². The third-order valence-electron chi connectivity index (χ3n) is 3.84. The minimum Gasteiger partial charge on any atom is -0.383 e. The Morgan fingerprint density at radius 2 is 2.00 bits per heavy atom. The molecule has 0 amide bonds. The molecular formula is C13H28N2O2. The molecule has 0 bridgehead atoms. The Labute approximate surface area is 105 Å². The van der Waals surface area contributed by atoms with Crippen molar-refractivity contribution in [2.24, 2.45) is 11.1 Å². The van der Waals surface area contributed by atoms with Crippen LogP contribution >= 0.6 is 0 Å². The number of hydrogen-bond donors (Lipinski definition) is 1. The lowest BCUT2D eigenvalue weighted by molar-refractivity contribution is -0.00934. The van der Waals surface area contributed by atoms with Crippen molar-refractivity contribution in [3.63, 3.8) is 0 Å². The Bertz CT molecular complexity index is 204. The van der Waals surface area contributed by atoms with Gasteiger partial charge in [0.25, 0.3) is 0 Å². The zero-order valence-electron chi connectivity index (χ0n) is 11.6. The average molecular weight is 244 g/mol. The summed E-state index contributed by atoms with van der Waals surface area (Å²) in [5.41, 5.74) is 6.25. The van der Waals surface area contributed by atoms with Crippen LogP contribution in [-0.4, -0.2) is 57.5 Å². The van der Waals surface area contributed by atoms with E-state index in [-0.39, 0.29) is 5.41 Å². The lowest BCUT2D eigenvalue weighted by Gasteiger charge is -2.41. The predicted molar refractivity (Wildman–Crippen MR) is 70.1 cm³/mol. The van der Waals surface area contributed by atoms with E-state index in [1.807, 2.05) is 0 Å². The molecule has 0 aromatic carbocycles. The smallest absolute Gasteiger partial charge is 0.0589 e. The first-order chi connectivity index (χ1) is 8.13. The molecule has 4 nitrogen and oxygen atoms in total. The van der Waals surface area contributed by atoms with Crippen LogP contribution in [0.1, 0.15) is 26.7 Å². The van der Waals surface area contributed by atoms with Crippen LogP contribution in [0.15, 0.2) is 0 Å². The molecule has 0 aromatic rings. The van der Waals surface area contributed by atoms with Gasteiger partial charge in [-0.3, -0.25) is 4.90 Å². The van der Waals surface area contributed by atoms with Crippen LogP contribution < -0.4 is 5.73 Å². The molecular weight excluding hydrogens is 216 g/mol. The zero-order valence-corrected chi connectivity index (χ0v) is 11.6. The first kappa shape index (κ1) is 14.9. The van der Waals surface area contributed by atoms with Crippen molar-refractivity contribution in [1.29, 1.82) is 0 Å². The van der Waals surface area contributed by atoms with E-state index in [0.29, 0.717) is 6.04 Å². The summed E-state index contributed by atoms with van der Waals surface area (Å²) in [5.74, 6) is 0. The number of ether oxygens (including phenoxy) is 2. The molecule has 1 aliphatic heterocycles. The maximum Gasteiger partial charge on any atom is 0.0589 e. The molecule has 1 aliphatic rings. The number of hydrogen-bond acceptors (Lipinski definition) is 4. The van der Waals surface area contributed by atoms with Crippen molar-refractivity contribution in [3.8, 4) is 0 Å². The molecule has 0 radical (unpaired) electrons. The van der Waals surface area contributed by atoms with E-state index >= 15 is 0 Å². The summed E-state index contributed by atoms with van der Waals surface area (Å²) in [4.78, 5) is 2.47. The van der Waals surface area contributed by atoms with Gasteiger partial charge < -0.3 is 15.2 Å². The van der Waals surface area contributed by atoms with Gasteiger partial charge in [-0.2, -0.15) is 0 Å². The minimum absolute atomic E-state index is 0.246. The van der Waals surface area contributed by atoms with Crippen molar-refractivity contribution >= 4 is 0 Å². The van der Waals surface area contributed by atoms with Gasteiger partial charge in [-0.25, -0.2) is 0 Å². The summed E-state index contributed by atoms with van der Waals surface area (Å²) in [6.45, 7) is 9.77. The summed E-state index contributed by atoms with van der Waals surface area (Å²) < 4.78 is 10.6. The molecule has 17 heavy (non-hydrogen) atoms. The van der Waals surface area contributed by atoms with Gasteiger partial charge in [0.2, 0.25) is 0 Å². The van der Waals surface area contributed by atoms with Gasteiger partial charge in [-0.1, -0.05) is 0 Å². The number of methoxy groups -OCH3 is 1. The summed E-state index contributed by atoms with van der Waals surface area (Å²) in [7, 11) is 1.76. The van der Waals surface area contributed by atoms with Crippen LogP contribution in [-0.2, 0) is 9.47 Å². The van der Waals surface area contributed by atoms with Crippen LogP contribution in [0.3, 0.4) is 0 Å². The molecule has 0 atom stereocenters. The van der Waals surface area contributed by atoms with Crippen LogP contribution in [0.25, 0.3) is 0 Å². The largest absolute Gasteiger partial charge is 0.383 e. The third-order valence-corrected chi connectivity index (χ3v) is 3.84. The molecule has 1 rings (SSSR count). The molecule has 4 heteroatoms. The second-order valence-electron chi connectivity index (χ2n) is 5.37. The quantitative estimate of drug-likeness (QED) is 0.728. The Kier molecular flexibility index (Phi) is 6.41. The fourth-order valence-corrected chi connectivity index (χ4v) is 2.39. The highest BCUT2D eigenvalue weighted by Crippen LogP contribution is 2.30. The minimum atomic E-state index is 0.246. The van der Waals surface area contributed by atoms with E-state index in [1.54, 1.807) is 7.11 Å². The highest BCUT2D eigenvalue weighted by molar-refractivity contribution is 4.87. The van der Waals surface area contributed by atoms with Crippen LogP contribution in [0.4, 0.5) is 0 Å². The summed E-state index contributed by atoms with van der Waals surface area (Å²) in [5, 5.41) is 0. The molecule has 102 valence electrons. The van der Waals surface area contributed by atoms with E-state index in [9.17, 15) is 0 Å². The first-order valence-electron chi connectivity index (χ1n) is 6.64. The third kappa shape index (κ3) is 4.54. The molecule has 1 fully saturated rings. The molecule has 2 N–H and O–H groups in total. The Hall–Kier alpha value is -0.160. The van der Waals surface area contributed by atoms with E-state index < -0.39 is 0 Å². The maximum atomic E-state index is 6.00. The molecule has 0 spiro atoms. The number of nitrogens with zero attached hydrogens (tertiary/aromatic N) is 1. The van der Waals surface area contributed by atoms with E-state index in [1.165, 1.54) is 0 Å². The van der Waals surface area contributed by atoms with Gasteiger partial charge >= 0.3 is 0 Å². The fourth-order valence-electron chi connectivity index (χ4n) is 2.39. The highest BCUT2D eigenvalue weighted by Gasteiger charge is 2.33. The van der Waals surface area contributed by atoms with E-state index in [4.69, 9.17) is 15.2 Å². The van der Waals surface area contributed by atoms with E-state index in [0.717, 1.165) is 52.3 Å². The van der Waals surface area contributed by atoms with Crippen LogP contribution in [0, 0.1) is 5.41 Å². The Morgan fingerprint density at radius 3 is 2.47 bits per heavy atom. The molecule has 1 saturated heterocycles. The van der Waals surface area contributed by atoms with E-state index in [2.05, 4.69) is 18.7 Å². The lowest BCUT2D eigenvalue weighted by atomic mass is 9.79. The summed E-state index contributed by atoms with van der Waals surface area (Å²) in [6.07, 6.45) is 2.17. The second kappa shape index (κ2) is 7.31. The van der Waals surface area contributed by atoms with Gasteiger partial charge in [-0.15, -0.1) is 0 Å². The van der Waals surface area contributed by atoms with Crippen molar-refractivity contribution < 1.29 is 9.47 Å². The topological polar surface area (TPSA) is 47.7 Å². The normalized spacial score (nSPS) is 20.1. The zero-order chi connectivity index (χ0) is 12.7. The first-order valence-corrected chi connectivity index (χ1v) is 6.64. The van der Waals surface area contributed by atoms with Gasteiger partial charge in [0.1, 0.15) is 0 Å². The summed E-state index contributed by atoms with van der Waals surface area (Å²) >= 11 is 0. The van der Waals surface area contributed by atoms with Crippen molar-refractivity contribution in [1.82, 2.24) is 4.90 Å². The molecule has 0 saturated carbocycles. The fraction of sp³-hybridized carbons (Fsp3) is 1.00. The maximum absolute atomic E-state index is 6.00. The summed E-state index contributed by atoms with van der Waals surface area (Å²) in [6, 6.07) is 0.538. The molecule has 0 unspecified atom stereocenters. The highest BCUT2D eigenvalue weighted by atomic mass is 16.5. The SMILES string of the molecule is COCCN(CC1(CN)CCOCC1)C(C)C. The molecule has 0 aromatic heterocycles. The second-order valence-corrected chi connectivity index (χ2v) is 5.37. The monoisotopic (exact) mass is 244 g/mol. The lowest BCUT2D eigenvalue weighted by Crippen LogP contribution is -2.48. The Morgan fingerprint density at radius 1 is 1.35 bits per heavy atom. The van der Waals surface area contributed by atoms with Crippen LogP contribution in [0.2, 0.25) is 0 Å². The Balaban J connectivity index is 2.55. The van der Waals surface area contributed by atoms with Crippen molar-refractivity contribution in [2.75, 3.05) is 46.6 Å². The average Bonchev–Trinajstić information content (AvgIpc) is 2.35. The van der Waals surface area contributed by atoms with Gasteiger partial charge in [0.15, 0.2) is 0 Å². The molecule has 0 aliphatic carbocycles. The van der Waals surface area contributed by atoms with Crippen LogP contribution in [0.5, 0.6) is 0 Å². The molecule has 1 heterocycles. The predicted octanol–water partition coefficient (Wildman–Crippen LogP) is 1.10. The van der Waals surface area contributed by atoms with Gasteiger partial charge in [0.05, 0.1) is 6.61 Å². The van der Waals surface area contributed by atoms with Gasteiger partial charge in [-0.05, 0) is 38.6 Å². The standard InChI is InChI=1S/C13H28N2O2/c1-12(2)15(6-9-16-3)11-13(10-14)4-7-17-8-5-13/h12H,4-11,14H2,1-3H3. The van der Waals surface area contributed by atoms with Gasteiger partial charge in [0, 0.05) is 39.5 Å².